The maximum Gasteiger partial charge on any atom is 0.257 e. The maximum atomic E-state index is 13.5. The molecule has 2 N–H and O–H groups in total. The molecule has 0 unspecified atom stereocenters. The van der Waals surface area contributed by atoms with Crippen LogP contribution in [0.4, 0.5) is 15.8 Å². The third kappa shape index (κ3) is 4.18. The standard InChI is InChI=1S/C21H22FN3O2/c22-16-3-6-20-18(13-16)19(21(26)24-20)14-23-17-4-1-15(2-5-17)7-8-25-9-11-27-12-10-25/h1-6,13-14,23H,7-12H2,(H,24,26). The molecule has 4 rings (SSSR count). The number of amides is 1. The van der Waals surface area contributed by atoms with Gasteiger partial charge in [0.15, 0.2) is 0 Å². The van der Waals surface area contributed by atoms with Gasteiger partial charge in [-0.2, -0.15) is 0 Å². The fourth-order valence-electron chi connectivity index (χ4n) is 3.34. The van der Waals surface area contributed by atoms with Crippen LogP contribution in [0, 0.1) is 5.82 Å². The van der Waals surface area contributed by atoms with Crippen molar-refractivity contribution in [2.45, 2.75) is 6.42 Å². The average molecular weight is 367 g/mol. The normalized spacial score (nSPS) is 18.4. The highest BCUT2D eigenvalue weighted by Crippen LogP contribution is 2.32. The van der Waals surface area contributed by atoms with Crippen LogP contribution in [0.1, 0.15) is 11.1 Å². The van der Waals surface area contributed by atoms with Crippen molar-refractivity contribution in [1.29, 1.82) is 0 Å². The van der Waals surface area contributed by atoms with Gasteiger partial charge in [-0.25, -0.2) is 4.39 Å². The highest BCUT2D eigenvalue weighted by molar-refractivity contribution is 6.31. The van der Waals surface area contributed by atoms with Gasteiger partial charge in [-0.05, 0) is 42.3 Å². The van der Waals surface area contributed by atoms with Crippen molar-refractivity contribution in [3.63, 3.8) is 0 Å². The molecule has 2 aliphatic rings. The Morgan fingerprint density at radius 3 is 2.70 bits per heavy atom. The molecule has 140 valence electrons. The summed E-state index contributed by atoms with van der Waals surface area (Å²) in [6, 6.07) is 12.4. The van der Waals surface area contributed by atoms with Gasteiger partial charge in [-0.1, -0.05) is 12.1 Å². The molecule has 1 fully saturated rings. The highest BCUT2D eigenvalue weighted by atomic mass is 19.1. The van der Waals surface area contributed by atoms with Crippen molar-refractivity contribution < 1.29 is 13.9 Å². The molecule has 5 nitrogen and oxygen atoms in total. The molecule has 0 atom stereocenters. The number of ether oxygens (including phenoxy) is 1. The zero-order chi connectivity index (χ0) is 18.6. The summed E-state index contributed by atoms with van der Waals surface area (Å²) in [6.45, 7) is 4.66. The Kier molecular flexibility index (Phi) is 5.18. The Hall–Kier alpha value is -2.70. The minimum Gasteiger partial charge on any atom is -0.379 e. The van der Waals surface area contributed by atoms with E-state index in [2.05, 4.69) is 27.7 Å². The number of rotatable bonds is 5. The number of carbonyl (C=O) groups excluding carboxylic acids is 1. The smallest absolute Gasteiger partial charge is 0.257 e. The van der Waals surface area contributed by atoms with Crippen molar-refractivity contribution in [2.24, 2.45) is 0 Å². The van der Waals surface area contributed by atoms with Crippen LogP contribution in [-0.4, -0.2) is 43.7 Å². The van der Waals surface area contributed by atoms with Gasteiger partial charge in [-0.15, -0.1) is 0 Å². The first kappa shape index (κ1) is 17.7. The summed E-state index contributed by atoms with van der Waals surface area (Å²) in [7, 11) is 0. The summed E-state index contributed by atoms with van der Waals surface area (Å²) in [4.78, 5) is 14.5. The Morgan fingerprint density at radius 2 is 1.93 bits per heavy atom. The number of hydrogen-bond donors (Lipinski definition) is 2. The first-order chi connectivity index (χ1) is 13.2. The molecule has 2 aliphatic heterocycles. The van der Waals surface area contributed by atoms with Gasteiger partial charge in [0.05, 0.1) is 18.8 Å². The number of fused-ring (bicyclic) bond motifs is 1. The van der Waals surface area contributed by atoms with Crippen molar-refractivity contribution in [3.05, 3.63) is 65.6 Å². The number of carbonyl (C=O) groups is 1. The van der Waals surface area contributed by atoms with E-state index in [1.54, 1.807) is 12.3 Å². The van der Waals surface area contributed by atoms with E-state index in [4.69, 9.17) is 4.74 Å². The summed E-state index contributed by atoms with van der Waals surface area (Å²) in [5, 5.41) is 5.88. The van der Waals surface area contributed by atoms with E-state index in [1.165, 1.54) is 17.7 Å². The molecule has 6 heteroatoms. The maximum absolute atomic E-state index is 13.5. The van der Waals surface area contributed by atoms with Gasteiger partial charge in [0.2, 0.25) is 0 Å². The SMILES string of the molecule is O=C1Nc2ccc(F)cc2C1=CNc1ccc(CCN2CCOCC2)cc1. The molecule has 2 aromatic carbocycles. The van der Waals surface area contributed by atoms with Crippen LogP contribution >= 0.6 is 0 Å². The lowest BCUT2D eigenvalue weighted by molar-refractivity contribution is -0.110. The minimum atomic E-state index is -0.360. The van der Waals surface area contributed by atoms with Gasteiger partial charge < -0.3 is 15.4 Å². The molecular formula is C21H22FN3O2. The van der Waals surface area contributed by atoms with E-state index in [9.17, 15) is 9.18 Å². The molecule has 2 aromatic rings. The highest BCUT2D eigenvalue weighted by Gasteiger charge is 2.24. The zero-order valence-corrected chi connectivity index (χ0v) is 15.0. The zero-order valence-electron chi connectivity index (χ0n) is 15.0. The van der Waals surface area contributed by atoms with E-state index in [1.807, 2.05) is 12.1 Å². The molecule has 0 aliphatic carbocycles. The lowest BCUT2D eigenvalue weighted by Crippen LogP contribution is -2.37. The van der Waals surface area contributed by atoms with Crippen LogP contribution in [0.3, 0.4) is 0 Å². The molecule has 27 heavy (non-hydrogen) atoms. The van der Waals surface area contributed by atoms with Crippen LogP contribution < -0.4 is 10.6 Å². The number of nitrogens with zero attached hydrogens (tertiary/aromatic N) is 1. The molecule has 0 bridgehead atoms. The van der Waals surface area contributed by atoms with Crippen LogP contribution in [0.2, 0.25) is 0 Å². The van der Waals surface area contributed by atoms with Crippen LogP contribution in [0.5, 0.6) is 0 Å². The van der Waals surface area contributed by atoms with Crippen LogP contribution in [-0.2, 0) is 16.0 Å². The van der Waals surface area contributed by atoms with Crippen LogP contribution in [0.25, 0.3) is 5.57 Å². The fraction of sp³-hybridized carbons (Fsp3) is 0.286. The summed E-state index contributed by atoms with van der Waals surface area (Å²) in [5.41, 5.74) is 3.80. The second kappa shape index (κ2) is 7.90. The van der Waals surface area contributed by atoms with E-state index >= 15 is 0 Å². The third-order valence-corrected chi connectivity index (χ3v) is 4.92. The van der Waals surface area contributed by atoms with Crippen LogP contribution in [0.15, 0.2) is 48.7 Å². The largest absolute Gasteiger partial charge is 0.379 e. The van der Waals surface area contributed by atoms with E-state index in [0.717, 1.165) is 45.0 Å². The Bertz CT molecular complexity index is 858. The monoisotopic (exact) mass is 367 g/mol. The fourth-order valence-corrected chi connectivity index (χ4v) is 3.34. The van der Waals surface area contributed by atoms with Crippen molar-refractivity contribution >= 4 is 22.9 Å². The molecule has 2 heterocycles. The lowest BCUT2D eigenvalue weighted by Gasteiger charge is -2.26. The van der Waals surface area contributed by atoms with E-state index in [0.29, 0.717) is 16.8 Å². The topological polar surface area (TPSA) is 53.6 Å². The van der Waals surface area contributed by atoms with Crippen molar-refractivity contribution in [1.82, 2.24) is 4.90 Å². The first-order valence-electron chi connectivity index (χ1n) is 9.16. The third-order valence-electron chi connectivity index (χ3n) is 4.92. The number of benzene rings is 2. The number of halogens is 1. The van der Waals surface area contributed by atoms with Crippen molar-refractivity contribution in [3.8, 4) is 0 Å². The summed E-state index contributed by atoms with van der Waals surface area (Å²) >= 11 is 0. The van der Waals surface area contributed by atoms with E-state index < -0.39 is 0 Å². The molecule has 0 aromatic heterocycles. The summed E-state index contributed by atoms with van der Waals surface area (Å²) < 4.78 is 18.8. The number of anilines is 2. The number of morpholine rings is 1. The minimum absolute atomic E-state index is 0.231. The van der Waals surface area contributed by atoms with Gasteiger partial charge in [0, 0.05) is 42.8 Å². The predicted molar refractivity (Wildman–Crippen MR) is 104 cm³/mol. The quantitative estimate of drug-likeness (QED) is 0.798. The Labute approximate surface area is 157 Å². The van der Waals surface area contributed by atoms with Gasteiger partial charge in [0.25, 0.3) is 5.91 Å². The molecule has 1 saturated heterocycles. The van der Waals surface area contributed by atoms with Gasteiger partial charge in [-0.3, -0.25) is 9.69 Å². The average Bonchev–Trinajstić information content (AvgIpc) is 3.01. The summed E-state index contributed by atoms with van der Waals surface area (Å²) in [6.07, 6.45) is 2.62. The Balaban J connectivity index is 1.38. The first-order valence-corrected chi connectivity index (χ1v) is 9.16. The Morgan fingerprint density at radius 1 is 1.15 bits per heavy atom. The number of nitrogens with one attached hydrogen (secondary N) is 2. The van der Waals surface area contributed by atoms with Crippen molar-refractivity contribution in [2.75, 3.05) is 43.5 Å². The predicted octanol–water partition coefficient (Wildman–Crippen LogP) is 3.11. The molecule has 0 spiro atoms. The second-order valence-electron chi connectivity index (χ2n) is 6.75. The van der Waals surface area contributed by atoms with E-state index in [-0.39, 0.29) is 11.7 Å². The molecule has 1 amide bonds. The van der Waals surface area contributed by atoms with Gasteiger partial charge in [0.1, 0.15) is 5.82 Å². The molecule has 0 radical (unpaired) electrons. The molecule has 0 saturated carbocycles. The lowest BCUT2D eigenvalue weighted by atomic mass is 10.1. The summed E-state index contributed by atoms with van der Waals surface area (Å²) in [5.74, 6) is -0.592. The second-order valence-corrected chi connectivity index (χ2v) is 6.75. The molecular weight excluding hydrogens is 345 g/mol. The number of hydrogen-bond acceptors (Lipinski definition) is 4. The van der Waals surface area contributed by atoms with Gasteiger partial charge >= 0.3 is 0 Å².